The molecule has 0 heterocycles. The van der Waals surface area contributed by atoms with Crippen molar-refractivity contribution < 1.29 is 39.0 Å². The predicted octanol–water partition coefficient (Wildman–Crippen LogP) is 6.71. The number of carbonyl (C=O) groups is 6. The number of nitrogens with zero attached hydrogens (tertiary/aromatic N) is 6. The van der Waals surface area contributed by atoms with Gasteiger partial charge in [0.25, 0.3) is 0 Å². The van der Waals surface area contributed by atoms with Crippen LogP contribution in [0.15, 0.2) is 10.2 Å². The lowest BCUT2D eigenvalue weighted by Crippen LogP contribution is -2.42. The average molecular weight is 681 g/mol. The summed E-state index contributed by atoms with van der Waals surface area (Å²) in [6, 6.07) is -2.31. The van der Waals surface area contributed by atoms with Gasteiger partial charge in [-0.1, -0.05) is 75.4 Å². The summed E-state index contributed by atoms with van der Waals surface area (Å²) in [5, 5.41) is 29.9. The summed E-state index contributed by atoms with van der Waals surface area (Å²) in [5.41, 5.74) is 16.3. The van der Waals surface area contributed by atoms with E-state index in [4.69, 9.17) is 21.3 Å². The highest BCUT2D eigenvalue weighted by atomic mass is 16.4. The third-order valence-electron chi connectivity index (χ3n) is 7.20. The Labute approximate surface area is 283 Å². The van der Waals surface area contributed by atoms with E-state index >= 15 is 0 Å². The van der Waals surface area contributed by atoms with E-state index in [0.717, 1.165) is 64.2 Å². The van der Waals surface area contributed by atoms with E-state index in [1.165, 1.54) is 0 Å². The minimum Gasteiger partial charge on any atom is -0.480 e. The molecule has 0 bridgehead atoms. The molecule has 0 aromatic heterocycles. The SMILES string of the molecule is CCCCCCC(=O)C[C@H](NC(=O)CCCCCN=[N+]=[N-])C(=O)O.CCCCCCC(=O)C[C@H](NC(=O)CCCCCN=[N+]=[N-])C(=O)O. The molecule has 0 aliphatic carbocycles. The maximum absolute atomic E-state index is 11.8. The lowest BCUT2D eigenvalue weighted by molar-refractivity contribution is -0.143. The van der Waals surface area contributed by atoms with Crippen LogP contribution in [0.4, 0.5) is 0 Å². The van der Waals surface area contributed by atoms with E-state index in [-0.39, 0.29) is 49.1 Å². The quantitative estimate of drug-likeness (QED) is 0.0273. The third-order valence-corrected chi connectivity index (χ3v) is 7.20. The summed E-state index contributed by atoms with van der Waals surface area (Å²) in [7, 11) is 0. The molecule has 48 heavy (non-hydrogen) atoms. The number of nitrogens with one attached hydrogen (secondary N) is 2. The number of aliphatic carboxylic acids is 2. The molecule has 0 unspecified atom stereocenters. The Balaban J connectivity index is 0. The van der Waals surface area contributed by atoms with E-state index in [0.29, 0.717) is 51.6 Å². The van der Waals surface area contributed by atoms with Gasteiger partial charge in [0.15, 0.2) is 0 Å². The Morgan fingerprint density at radius 2 is 0.875 bits per heavy atom. The second kappa shape index (κ2) is 32.8. The second-order valence-corrected chi connectivity index (χ2v) is 11.6. The maximum Gasteiger partial charge on any atom is 0.326 e. The fourth-order valence-electron chi connectivity index (χ4n) is 4.47. The van der Waals surface area contributed by atoms with Crippen LogP contribution in [0.5, 0.6) is 0 Å². The first-order valence-electron chi connectivity index (χ1n) is 17.1. The zero-order chi connectivity index (χ0) is 36.4. The molecular formula is C32H56N8O8. The lowest BCUT2D eigenvalue weighted by Gasteiger charge is -2.14. The number of carbonyl (C=O) groups excluding carboxylic acids is 4. The van der Waals surface area contributed by atoms with Gasteiger partial charge in [-0.15, -0.1) is 0 Å². The van der Waals surface area contributed by atoms with Crippen molar-refractivity contribution in [2.75, 3.05) is 13.1 Å². The molecule has 0 aromatic rings. The van der Waals surface area contributed by atoms with Crippen LogP contribution in [0.2, 0.25) is 0 Å². The first-order chi connectivity index (χ1) is 23.0. The molecule has 4 N–H and O–H groups in total. The lowest BCUT2D eigenvalue weighted by atomic mass is 10.0. The van der Waals surface area contributed by atoms with E-state index in [9.17, 15) is 28.8 Å². The maximum atomic E-state index is 11.8. The summed E-state index contributed by atoms with van der Waals surface area (Å²) in [4.78, 5) is 74.8. The van der Waals surface area contributed by atoms with Crippen molar-refractivity contribution in [2.24, 2.45) is 10.2 Å². The summed E-state index contributed by atoms with van der Waals surface area (Å²) in [6.45, 7) is 4.94. The van der Waals surface area contributed by atoms with Crippen LogP contribution in [-0.4, -0.2) is 70.7 Å². The standard InChI is InChI=1S/2C16H28N4O4/c2*1-2-3-4-6-9-13(21)12-14(16(23)24)19-15(22)10-7-5-8-11-18-20-17/h2*14H,2-12H2,1H3,(H,19,22)(H,23,24)/t2*14-/m00/s1. The fraction of sp³-hybridized carbons (Fsp3) is 0.812. The van der Waals surface area contributed by atoms with Crippen molar-refractivity contribution in [3.63, 3.8) is 0 Å². The zero-order valence-corrected chi connectivity index (χ0v) is 28.7. The van der Waals surface area contributed by atoms with Gasteiger partial charge < -0.3 is 20.8 Å². The number of amides is 2. The van der Waals surface area contributed by atoms with Gasteiger partial charge in [0, 0.05) is 61.4 Å². The largest absolute Gasteiger partial charge is 0.480 e. The molecule has 272 valence electrons. The van der Waals surface area contributed by atoms with Gasteiger partial charge in [-0.2, -0.15) is 0 Å². The molecule has 0 radical (unpaired) electrons. The number of Topliss-reactive ketones (excluding diaryl/α,β-unsaturated/α-hetero) is 2. The van der Waals surface area contributed by atoms with Crippen LogP contribution in [-0.2, 0) is 28.8 Å². The Bertz CT molecular complexity index is 977. The van der Waals surface area contributed by atoms with Crippen molar-refractivity contribution in [1.29, 1.82) is 0 Å². The van der Waals surface area contributed by atoms with Gasteiger partial charge >= 0.3 is 11.9 Å². The normalized spacial score (nSPS) is 11.4. The Kier molecular flexibility index (Phi) is 31.4. The molecule has 0 rings (SSSR count). The van der Waals surface area contributed by atoms with Crippen molar-refractivity contribution in [3.05, 3.63) is 20.9 Å². The first-order valence-corrected chi connectivity index (χ1v) is 17.1. The van der Waals surface area contributed by atoms with Crippen LogP contribution < -0.4 is 10.6 Å². The van der Waals surface area contributed by atoms with Gasteiger partial charge in [-0.05, 0) is 49.6 Å². The fourth-order valence-corrected chi connectivity index (χ4v) is 4.47. The Hall–Kier alpha value is -4.16. The molecule has 16 nitrogen and oxygen atoms in total. The van der Waals surface area contributed by atoms with Gasteiger partial charge in [0.2, 0.25) is 11.8 Å². The number of carboxylic acid groups (broad SMARTS) is 2. The van der Waals surface area contributed by atoms with Crippen LogP contribution in [0.1, 0.15) is 142 Å². The van der Waals surface area contributed by atoms with Crippen LogP contribution in [0.3, 0.4) is 0 Å². The highest BCUT2D eigenvalue weighted by Gasteiger charge is 2.23. The molecule has 0 spiro atoms. The van der Waals surface area contributed by atoms with E-state index in [1.807, 2.05) is 0 Å². The molecular weight excluding hydrogens is 624 g/mol. The summed E-state index contributed by atoms with van der Waals surface area (Å²) >= 11 is 0. The number of rotatable bonds is 30. The summed E-state index contributed by atoms with van der Waals surface area (Å²) in [5.74, 6) is -3.38. The highest BCUT2D eigenvalue weighted by Crippen LogP contribution is 2.09. The van der Waals surface area contributed by atoms with Crippen LogP contribution in [0.25, 0.3) is 20.9 Å². The molecule has 2 amide bonds. The van der Waals surface area contributed by atoms with Crippen molar-refractivity contribution in [2.45, 2.75) is 154 Å². The third kappa shape index (κ3) is 30.5. The number of unbranched alkanes of at least 4 members (excludes halogenated alkanes) is 10. The minimum absolute atomic E-state index is 0.131. The van der Waals surface area contributed by atoms with Crippen molar-refractivity contribution in [3.8, 4) is 0 Å². The van der Waals surface area contributed by atoms with Gasteiger partial charge in [-0.25, -0.2) is 9.59 Å². The van der Waals surface area contributed by atoms with E-state index in [1.54, 1.807) is 0 Å². The summed E-state index contributed by atoms with van der Waals surface area (Å²) in [6.07, 6.45) is 12.5. The van der Waals surface area contributed by atoms with Gasteiger partial charge in [0.05, 0.1) is 0 Å². The van der Waals surface area contributed by atoms with Crippen molar-refractivity contribution in [1.82, 2.24) is 10.6 Å². The molecule has 0 saturated carbocycles. The Morgan fingerprint density at radius 1 is 0.542 bits per heavy atom. The predicted molar refractivity (Wildman–Crippen MR) is 181 cm³/mol. The van der Waals surface area contributed by atoms with Crippen LogP contribution >= 0.6 is 0 Å². The number of azide groups is 2. The topological polar surface area (TPSA) is 264 Å². The minimum atomic E-state index is -1.19. The van der Waals surface area contributed by atoms with E-state index in [2.05, 4.69) is 44.5 Å². The second-order valence-electron chi connectivity index (χ2n) is 11.6. The molecule has 16 heteroatoms. The van der Waals surface area contributed by atoms with Gasteiger partial charge in [0.1, 0.15) is 23.7 Å². The molecule has 0 saturated heterocycles. The van der Waals surface area contributed by atoms with Crippen molar-refractivity contribution >= 4 is 35.3 Å². The molecule has 0 aliphatic rings. The molecule has 0 aromatic carbocycles. The van der Waals surface area contributed by atoms with E-state index < -0.39 is 24.0 Å². The Morgan fingerprint density at radius 3 is 1.19 bits per heavy atom. The number of hydrogen-bond donors (Lipinski definition) is 4. The molecule has 0 aliphatic heterocycles. The number of carboxylic acids is 2. The first kappa shape index (κ1) is 46.0. The number of hydrogen-bond acceptors (Lipinski definition) is 8. The van der Waals surface area contributed by atoms with Crippen LogP contribution in [0, 0.1) is 0 Å². The monoisotopic (exact) mass is 680 g/mol. The summed E-state index contributed by atoms with van der Waals surface area (Å²) < 4.78 is 0. The number of ketones is 2. The molecule has 0 fully saturated rings. The molecule has 2 atom stereocenters. The zero-order valence-electron chi connectivity index (χ0n) is 28.7. The average Bonchev–Trinajstić information content (AvgIpc) is 3.04. The highest BCUT2D eigenvalue weighted by molar-refractivity contribution is 5.90. The smallest absolute Gasteiger partial charge is 0.326 e. The van der Waals surface area contributed by atoms with Gasteiger partial charge in [-0.3, -0.25) is 19.2 Å².